The number of benzene rings is 2. The number of rotatable bonds is 3. The second-order valence-corrected chi connectivity index (χ2v) is 6.72. The number of hydrogen-bond donors (Lipinski definition) is 4. The van der Waals surface area contributed by atoms with Gasteiger partial charge in [-0.05, 0) is 12.1 Å². The van der Waals surface area contributed by atoms with Crippen LogP contribution in [-0.4, -0.2) is 20.2 Å². The van der Waals surface area contributed by atoms with Gasteiger partial charge >= 0.3 is 0 Å². The van der Waals surface area contributed by atoms with E-state index < -0.39 is 0 Å². The molecule has 5 N–H and O–H groups in total. The molecule has 3 heterocycles. The Morgan fingerprint density at radius 3 is 2.60 bits per heavy atom. The monoisotopic (exact) mass is 346 g/mol. The number of H-pyrrole nitrogens is 2. The van der Waals surface area contributed by atoms with Gasteiger partial charge in [0.25, 0.3) is 0 Å². The van der Waals surface area contributed by atoms with E-state index in [4.69, 9.17) is 10.8 Å². The molecule has 122 valence electrons. The predicted molar refractivity (Wildman–Crippen MR) is 102 cm³/mol. The fourth-order valence-electron chi connectivity index (χ4n) is 3.06. The Morgan fingerprint density at radius 1 is 1.00 bits per heavy atom. The van der Waals surface area contributed by atoms with Crippen molar-refractivity contribution in [3.63, 3.8) is 0 Å². The highest BCUT2D eigenvalue weighted by atomic mass is 32.1. The van der Waals surface area contributed by atoms with Gasteiger partial charge < -0.3 is 10.4 Å². The van der Waals surface area contributed by atoms with Crippen LogP contribution < -0.4 is 11.3 Å². The lowest BCUT2D eigenvalue weighted by atomic mass is 10.1. The summed E-state index contributed by atoms with van der Waals surface area (Å²) >= 11 is 1.57. The summed E-state index contributed by atoms with van der Waals surface area (Å²) in [6.45, 7) is 0. The van der Waals surface area contributed by atoms with Gasteiger partial charge in [0.15, 0.2) is 0 Å². The lowest BCUT2D eigenvalue weighted by Gasteiger charge is -1.99. The first-order chi connectivity index (χ1) is 12.3. The van der Waals surface area contributed by atoms with Crippen molar-refractivity contribution in [2.45, 2.75) is 0 Å². The minimum atomic E-state index is 0.767. The van der Waals surface area contributed by atoms with Crippen molar-refractivity contribution in [3.05, 3.63) is 54.6 Å². The fourth-order valence-corrected chi connectivity index (χ4v) is 4.13. The van der Waals surface area contributed by atoms with E-state index >= 15 is 0 Å². The molecule has 3 aromatic heterocycles. The van der Waals surface area contributed by atoms with Crippen LogP contribution in [-0.2, 0) is 0 Å². The maximum Gasteiger partial charge on any atom is 0.143 e. The minimum absolute atomic E-state index is 0.767. The Bertz CT molecular complexity index is 1150. The van der Waals surface area contributed by atoms with Crippen molar-refractivity contribution in [1.29, 1.82) is 0 Å². The van der Waals surface area contributed by atoms with Crippen LogP contribution >= 0.6 is 11.3 Å². The summed E-state index contributed by atoms with van der Waals surface area (Å²) in [6, 6.07) is 18.1. The maximum atomic E-state index is 5.78. The minimum Gasteiger partial charge on any atom is -0.338 e. The number of aromatic nitrogens is 4. The number of hydrazine groups is 1. The molecular formula is C18H14N6S. The van der Waals surface area contributed by atoms with E-state index in [9.17, 15) is 0 Å². The van der Waals surface area contributed by atoms with E-state index in [2.05, 4.69) is 20.6 Å². The number of thiophene rings is 1. The average molecular weight is 346 g/mol. The molecule has 6 nitrogen and oxygen atoms in total. The van der Waals surface area contributed by atoms with Crippen LogP contribution in [0.1, 0.15) is 0 Å². The number of nitrogens with zero attached hydrogens (tertiary/aromatic N) is 2. The summed E-state index contributed by atoms with van der Waals surface area (Å²) in [5.74, 6) is 6.55. The smallest absolute Gasteiger partial charge is 0.143 e. The number of nitrogen functional groups attached to an aromatic ring is 1. The van der Waals surface area contributed by atoms with Gasteiger partial charge in [-0.3, -0.25) is 5.10 Å². The molecule has 0 aliphatic heterocycles. The molecule has 0 radical (unpaired) electrons. The number of para-hydroxylation sites is 2. The van der Waals surface area contributed by atoms with Crippen LogP contribution in [0.25, 0.3) is 43.9 Å². The van der Waals surface area contributed by atoms with Crippen molar-refractivity contribution < 1.29 is 0 Å². The van der Waals surface area contributed by atoms with E-state index in [-0.39, 0.29) is 0 Å². The molecule has 25 heavy (non-hydrogen) atoms. The van der Waals surface area contributed by atoms with Gasteiger partial charge in [0, 0.05) is 5.56 Å². The molecule has 0 aliphatic carbocycles. The average Bonchev–Trinajstić information content (AvgIpc) is 3.34. The quantitative estimate of drug-likeness (QED) is 0.292. The second-order valence-electron chi connectivity index (χ2n) is 5.70. The lowest BCUT2D eigenvalue weighted by Crippen LogP contribution is -2.06. The fraction of sp³-hybridized carbons (Fsp3) is 0. The van der Waals surface area contributed by atoms with Crippen LogP contribution in [0.2, 0.25) is 0 Å². The lowest BCUT2D eigenvalue weighted by molar-refractivity contribution is 1.12. The summed E-state index contributed by atoms with van der Waals surface area (Å²) < 4.78 is 1.05. The van der Waals surface area contributed by atoms with Gasteiger partial charge in [-0.25, -0.2) is 10.8 Å². The third-order valence-corrected chi connectivity index (χ3v) is 5.34. The number of nitrogens with two attached hydrogens (primary N) is 1. The van der Waals surface area contributed by atoms with Crippen LogP contribution in [0, 0.1) is 0 Å². The topological polar surface area (TPSA) is 95.4 Å². The number of imidazole rings is 1. The zero-order valence-electron chi connectivity index (χ0n) is 13.1. The SMILES string of the molecule is NNc1sc2c(-c3ccccc3)n[nH]c2c1-c1nc2ccccc2[nH]1. The van der Waals surface area contributed by atoms with E-state index in [1.165, 1.54) is 0 Å². The molecule has 0 saturated carbocycles. The third-order valence-electron chi connectivity index (χ3n) is 4.21. The highest BCUT2D eigenvalue weighted by Gasteiger charge is 2.21. The van der Waals surface area contributed by atoms with E-state index in [1.54, 1.807) is 11.3 Å². The Hall–Kier alpha value is -3.16. The van der Waals surface area contributed by atoms with Gasteiger partial charge in [0.05, 0.1) is 26.8 Å². The van der Waals surface area contributed by atoms with Gasteiger partial charge in [-0.1, -0.05) is 42.5 Å². The molecule has 0 spiro atoms. The number of nitrogens with one attached hydrogen (secondary N) is 3. The largest absolute Gasteiger partial charge is 0.338 e. The normalized spacial score (nSPS) is 11.4. The maximum absolute atomic E-state index is 5.78. The first-order valence-electron chi connectivity index (χ1n) is 7.83. The van der Waals surface area contributed by atoms with Crippen LogP contribution in [0.5, 0.6) is 0 Å². The number of aromatic amines is 2. The Labute approximate surface area is 146 Å². The molecule has 0 amide bonds. The first kappa shape index (κ1) is 14.2. The van der Waals surface area contributed by atoms with E-state index in [1.807, 2.05) is 54.6 Å². The van der Waals surface area contributed by atoms with Gasteiger partial charge in [0.1, 0.15) is 16.5 Å². The number of anilines is 1. The van der Waals surface area contributed by atoms with Crippen molar-refractivity contribution in [2.24, 2.45) is 5.84 Å². The standard InChI is InChI=1S/C18H14N6S/c19-22-18-13(17-20-11-8-4-5-9-12(11)21-17)15-16(25-18)14(23-24-15)10-6-2-1-3-7-10/h1-9,22H,19H2,(H,20,21)(H,23,24). The Balaban J connectivity index is 1.76. The molecule has 0 bridgehead atoms. The molecule has 7 heteroatoms. The highest BCUT2D eigenvalue weighted by molar-refractivity contribution is 7.24. The summed E-state index contributed by atoms with van der Waals surface area (Å²) in [5.41, 5.74) is 8.53. The Morgan fingerprint density at radius 2 is 1.80 bits per heavy atom. The summed E-state index contributed by atoms with van der Waals surface area (Å²) in [4.78, 5) is 8.07. The predicted octanol–water partition coefficient (Wildman–Crippen LogP) is 4.12. The van der Waals surface area contributed by atoms with E-state index in [0.29, 0.717) is 0 Å². The number of hydrogen-bond acceptors (Lipinski definition) is 5. The van der Waals surface area contributed by atoms with Gasteiger partial charge in [0.2, 0.25) is 0 Å². The van der Waals surface area contributed by atoms with Crippen LogP contribution in [0.15, 0.2) is 54.6 Å². The van der Waals surface area contributed by atoms with Crippen molar-refractivity contribution >= 4 is 37.6 Å². The number of fused-ring (bicyclic) bond motifs is 2. The summed E-state index contributed by atoms with van der Waals surface area (Å²) in [7, 11) is 0. The molecule has 5 rings (SSSR count). The Kier molecular flexibility index (Phi) is 3.09. The van der Waals surface area contributed by atoms with Gasteiger partial charge in [-0.15, -0.1) is 11.3 Å². The van der Waals surface area contributed by atoms with Crippen molar-refractivity contribution in [2.75, 3.05) is 5.43 Å². The zero-order valence-corrected chi connectivity index (χ0v) is 13.9. The molecule has 2 aromatic carbocycles. The first-order valence-corrected chi connectivity index (χ1v) is 8.65. The second kappa shape index (κ2) is 5.44. The molecule has 0 fully saturated rings. The summed E-state index contributed by atoms with van der Waals surface area (Å²) in [5, 5.41) is 8.52. The van der Waals surface area contributed by atoms with Crippen molar-refractivity contribution in [1.82, 2.24) is 20.2 Å². The summed E-state index contributed by atoms with van der Waals surface area (Å²) in [6.07, 6.45) is 0. The highest BCUT2D eigenvalue weighted by Crippen LogP contribution is 2.44. The van der Waals surface area contributed by atoms with E-state index in [0.717, 1.165) is 48.9 Å². The third kappa shape index (κ3) is 2.14. The molecule has 0 atom stereocenters. The van der Waals surface area contributed by atoms with Crippen molar-refractivity contribution in [3.8, 4) is 22.6 Å². The van der Waals surface area contributed by atoms with Gasteiger partial charge in [-0.2, -0.15) is 5.10 Å². The molecular weight excluding hydrogens is 332 g/mol. The zero-order chi connectivity index (χ0) is 16.8. The molecule has 0 saturated heterocycles. The van der Waals surface area contributed by atoms with Crippen LogP contribution in [0.4, 0.5) is 5.00 Å². The molecule has 5 aromatic rings. The molecule has 0 aliphatic rings. The van der Waals surface area contributed by atoms with Crippen LogP contribution in [0.3, 0.4) is 0 Å². The molecule has 0 unspecified atom stereocenters.